The molecule has 0 N–H and O–H groups in total. The van der Waals surface area contributed by atoms with Gasteiger partial charge < -0.3 is 24.8 Å². The van der Waals surface area contributed by atoms with Crippen molar-refractivity contribution in [1.82, 2.24) is 0 Å². The summed E-state index contributed by atoms with van der Waals surface area (Å²) in [6.45, 7) is 17.0. The van der Waals surface area contributed by atoms with Crippen LogP contribution < -0.4 is 28.1 Å². The van der Waals surface area contributed by atoms with E-state index in [-0.39, 0.29) is 35.6 Å². The monoisotopic (exact) mass is 816 g/mol. The molecule has 0 aliphatic heterocycles. The number of fused-ring (bicyclic) bond motifs is 3. The van der Waals surface area contributed by atoms with Crippen LogP contribution in [-0.4, -0.2) is 3.21 Å². The van der Waals surface area contributed by atoms with Crippen molar-refractivity contribution in [2.45, 2.75) is 97.8 Å². The summed E-state index contributed by atoms with van der Waals surface area (Å²) in [6.07, 6.45) is 14.1. The minimum absolute atomic E-state index is 0. The first-order chi connectivity index (χ1) is 24.4. The molecule has 0 radical (unpaired) electrons. The van der Waals surface area contributed by atoms with Crippen molar-refractivity contribution in [3.8, 4) is 11.1 Å². The number of hydrogen-bond acceptors (Lipinski definition) is 0. The van der Waals surface area contributed by atoms with Gasteiger partial charge in [-0.3, -0.25) is 0 Å². The average molecular weight is 819 g/mol. The van der Waals surface area contributed by atoms with Crippen LogP contribution >= 0.6 is 0 Å². The Hall–Kier alpha value is -2.31. The summed E-state index contributed by atoms with van der Waals surface area (Å²) in [4.78, 5) is 0. The average Bonchev–Trinajstić information content (AvgIpc) is 3.66. The minimum Gasteiger partial charge on any atom is -1.00 e. The number of benzene rings is 4. The van der Waals surface area contributed by atoms with E-state index in [4.69, 9.17) is 0 Å². The van der Waals surface area contributed by atoms with Crippen LogP contribution in [0.25, 0.3) is 11.1 Å². The van der Waals surface area contributed by atoms with Crippen molar-refractivity contribution in [3.63, 3.8) is 0 Å². The van der Waals surface area contributed by atoms with Crippen molar-refractivity contribution in [1.29, 1.82) is 0 Å². The van der Waals surface area contributed by atoms with Gasteiger partial charge in [0.1, 0.15) is 0 Å². The summed E-state index contributed by atoms with van der Waals surface area (Å²) >= 11 is -2.94. The topological polar surface area (TPSA) is 0 Å². The standard InChI is InChI=1S/C21H25.C16H21.C13H10.2ClH.Zr/c1-20(2,3)16-7-9-18-14(12-16)11-15-13-17(21(4,5)6)8-10-19(15)18;1-10-2-3-13(4-10)16-14-6-11-5-12(8-14)9-15(16)7-11;1-3-7-12(8-4-1)11-13-9-5-2-6-10-13;;;/h7-10,12H,11H2,1-6H3;3-4,10-12,14-16H,5-9H2,1H3;1-10H;2*1H;/q;;;;;+2/p-2. The van der Waals surface area contributed by atoms with Crippen molar-refractivity contribution in [2.24, 2.45) is 35.5 Å². The number of rotatable bonds is 5. The molecule has 4 aromatic carbocycles. The van der Waals surface area contributed by atoms with Crippen LogP contribution in [0.15, 0.2) is 112 Å². The quantitative estimate of drug-likeness (QED) is 0.207. The van der Waals surface area contributed by atoms with Crippen LogP contribution in [-0.2, 0) is 38.5 Å². The molecular formula is C50H56Cl2Zr. The van der Waals surface area contributed by atoms with Crippen molar-refractivity contribution in [3.05, 3.63) is 145 Å². The van der Waals surface area contributed by atoms with Crippen molar-refractivity contribution in [2.75, 3.05) is 0 Å². The van der Waals surface area contributed by atoms with Crippen LogP contribution in [0.3, 0.4) is 0 Å². The van der Waals surface area contributed by atoms with E-state index in [0.29, 0.717) is 5.92 Å². The maximum absolute atomic E-state index is 2.94. The Kier molecular flexibility index (Phi) is 10.8. The van der Waals surface area contributed by atoms with Crippen LogP contribution in [0.4, 0.5) is 0 Å². The van der Waals surface area contributed by atoms with Crippen molar-refractivity contribution < 1.29 is 46.1 Å². The molecule has 4 saturated carbocycles. The van der Waals surface area contributed by atoms with E-state index in [1.54, 1.807) is 26.5 Å². The van der Waals surface area contributed by atoms with Gasteiger partial charge in [0.2, 0.25) is 0 Å². The normalized spacial score (nSPS) is 24.9. The molecular weight excluding hydrogens is 763 g/mol. The fourth-order valence-corrected chi connectivity index (χ4v) is 20.9. The first kappa shape index (κ1) is 38.9. The first-order valence-electron chi connectivity index (χ1n) is 20.0. The van der Waals surface area contributed by atoms with Gasteiger partial charge in [0.25, 0.3) is 0 Å². The zero-order chi connectivity index (χ0) is 35.2. The maximum atomic E-state index is 2.85. The minimum atomic E-state index is -2.94. The molecule has 0 saturated heterocycles. The number of halogens is 2. The molecule has 4 fully saturated rings. The molecule has 0 spiro atoms. The van der Waals surface area contributed by atoms with E-state index in [1.807, 2.05) is 0 Å². The molecule has 6 aliphatic carbocycles. The Morgan fingerprint density at radius 2 is 1.21 bits per heavy atom. The van der Waals surface area contributed by atoms with E-state index in [0.717, 1.165) is 36.0 Å². The second-order valence-electron chi connectivity index (χ2n) is 19.1. The third-order valence-corrected chi connectivity index (χ3v) is 21.7. The van der Waals surface area contributed by atoms with Gasteiger partial charge in [0, 0.05) is 0 Å². The Morgan fingerprint density at radius 1 is 0.642 bits per heavy atom. The molecule has 0 nitrogen and oxygen atoms in total. The van der Waals surface area contributed by atoms with Crippen LogP contribution in [0.5, 0.6) is 0 Å². The summed E-state index contributed by atoms with van der Waals surface area (Å²) < 4.78 is 5.22. The van der Waals surface area contributed by atoms with E-state index in [9.17, 15) is 0 Å². The van der Waals surface area contributed by atoms with Gasteiger partial charge in [-0.15, -0.1) is 0 Å². The van der Waals surface area contributed by atoms with Gasteiger partial charge in [-0.05, 0) is 0 Å². The zero-order valence-electron chi connectivity index (χ0n) is 32.8. The molecule has 0 heterocycles. The van der Waals surface area contributed by atoms with Gasteiger partial charge >= 0.3 is 318 Å². The smallest absolute Gasteiger partial charge is 1.00 e. The Balaban J connectivity index is 0.00000218. The van der Waals surface area contributed by atoms with E-state index in [1.165, 1.54) is 65.5 Å². The molecule has 1 unspecified atom stereocenters. The second-order valence-corrected chi connectivity index (χ2v) is 24.8. The second kappa shape index (κ2) is 14.6. The third kappa shape index (κ3) is 6.93. The van der Waals surface area contributed by atoms with Gasteiger partial charge in [0.05, 0.1) is 0 Å². The van der Waals surface area contributed by atoms with Gasteiger partial charge in [0.15, 0.2) is 0 Å². The molecule has 0 aromatic heterocycles. The summed E-state index contributed by atoms with van der Waals surface area (Å²) in [5.41, 5.74) is 13.9. The van der Waals surface area contributed by atoms with Gasteiger partial charge in [-0.25, -0.2) is 0 Å². The number of allylic oxidation sites excluding steroid dienone is 4. The molecule has 274 valence electrons. The molecule has 10 rings (SSSR count). The van der Waals surface area contributed by atoms with Crippen LogP contribution in [0.2, 0.25) is 0 Å². The van der Waals surface area contributed by atoms with Crippen LogP contribution in [0, 0.1) is 35.5 Å². The van der Waals surface area contributed by atoms with E-state index >= 15 is 0 Å². The Morgan fingerprint density at radius 3 is 1.75 bits per heavy atom. The number of hydrogen-bond donors (Lipinski definition) is 0. The van der Waals surface area contributed by atoms with Gasteiger partial charge in [-0.2, -0.15) is 0 Å². The molecule has 53 heavy (non-hydrogen) atoms. The zero-order valence-corrected chi connectivity index (χ0v) is 36.7. The molecule has 4 aromatic rings. The Bertz CT molecular complexity index is 2030. The van der Waals surface area contributed by atoms with E-state index < -0.39 is 21.3 Å². The molecule has 4 bridgehead atoms. The van der Waals surface area contributed by atoms with Crippen molar-refractivity contribution >= 4 is 6.48 Å². The summed E-state index contributed by atoms with van der Waals surface area (Å²) in [5.74, 6) is 5.10. The summed E-state index contributed by atoms with van der Waals surface area (Å²) in [5, 5.41) is 0. The first-order valence-corrected chi connectivity index (χ1v) is 23.7. The van der Waals surface area contributed by atoms with E-state index in [2.05, 4.69) is 152 Å². The van der Waals surface area contributed by atoms with Crippen LogP contribution in [0.1, 0.15) is 114 Å². The predicted octanol–water partition coefficient (Wildman–Crippen LogP) is 5.91. The SMILES string of the molecule is CC1C=C(C2C3CC4CC(C3)CC2C4)C=[C]1[Zr+2](=[C](c1ccccc1)c1ccccc1)[c]1c(C(C)(C)C)ccc2c1Cc1cc(C(C)(C)C)ccc1-2.[Cl-].[Cl-]. The third-order valence-electron chi connectivity index (χ3n) is 13.5. The fraction of sp³-hybridized carbons (Fsp3) is 0.420. The fourth-order valence-electron chi connectivity index (χ4n) is 11.4. The summed E-state index contributed by atoms with van der Waals surface area (Å²) in [7, 11) is 0. The molecule has 6 aliphatic rings. The predicted molar refractivity (Wildman–Crippen MR) is 214 cm³/mol. The molecule has 1 atom stereocenters. The van der Waals surface area contributed by atoms with Gasteiger partial charge in [-0.1, -0.05) is 0 Å². The molecule has 3 heteroatoms. The summed E-state index contributed by atoms with van der Waals surface area (Å²) in [6, 6.07) is 35.6. The maximum Gasteiger partial charge on any atom is -1.00 e. The largest absolute Gasteiger partial charge is 1.00 e. The molecule has 0 amide bonds. The Labute approximate surface area is 340 Å².